The minimum absolute atomic E-state index is 0.224. The summed E-state index contributed by atoms with van der Waals surface area (Å²) in [5.74, 6) is 0.294. The van der Waals surface area contributed by atoms with Crippen LogP contribution >= 0.6 is 0 Å². The summed E-state index contributed by atoms with van der Waals surface area (Å²) >= 11 is 0. The molecule has 2 N–H and O–H groups in total. The van der Waals surface area contributed by atoms with Gasteiger partial charge in [-0.15, -0.1) is 0 Å². The van der Waals surface area contributed by atoms with Crippen molar-refractivity contribution >= 4 is 5.91 Å². The van der Waals surface area contributed by atoms with Gasteiger partial charge in [0.2, 0.25) is 0 Å². The molecule has 0 saturated heterocycles. The number of nitrogens with one attached hydrogen (secondary N) is 2. The molecule has 0 fully saturated rings. The highest BCUT2D eigenvalue weighted by molar-refractivity contribution is 5.91. The lowest BCUT2D eigenvalue weighted by Crippen LogP contribution is -2.41. The van der Waals surface area contributed by atoms with Crippen molar-refractivity contribution in [1.82, 2.24) is 20.4 Å². The number of carbonyl (C=O) groups is 1. The molecule has 0 aromatic carbocycles. The summed E-state index contributed by atoms with van der Waals surface area (Å²) in [7, 11) is 3.99. The molecule has 0 aliphatic rings. The number of amides is 1. The number of likely N-dealkylation sites (N-methyl/N-ethyl adjacent to an activating group) is 1. The van der Waals surface area contributed by atoms with Gasteiger partial charge in [0, 0.05) is 18.7 Å². The van der Waals surface area contributed by atoms with Crippen LogP contribution in [0.4, 0.5) is 0 Å². The fraction of sp³-hybridized carbons (Fsp3) is 0.615. The summed E-state index contributed by atoms with van der Waals surface area (Å²) in [4.78, 5) is 24.8. The molecule has 106 valence electrons. The topological polar surface area (TPSA) is 78.1 Å². The van der Waals surface area contributed by atoms with Crippen LogP contribution in [0, 0.1) is 5.92 Å². The molecule has 0 bridgehead atoms. The average Bonchev–Trinajstić information content (AvgIpc) is 2.34. The Kier molecular flexibility index (Phi) is 5.69. The highest BCUT2D eigenvalue weighted by Crippen LogP contribution is 2.08. The summed E-state index contributed by atoms with van der Waals surface area (Å²) < 4.78 is 0. The predicted molar refractivity (Wildman–Crippen MR) is 74.1 cm³/mol. The van der Waals surface area contributed by atoms with Gasteiger partial charge >= 0.3 is 0 Å². The molecule has 1 atom stereocenters. The van der Waals surface area contributed by atoms with E-state index in [2.05, 4.69) is 34.3 Å². The fourth-order valence-corrected chi connectivity index (χ4v) is 1.79. The van der Waals surface area contributed by atoms with E-state index in [0.29, 0.717) is 12.5 Å². The maximum absolute atomic E-state index is 11.9. The molecule has 0 aliphatic heterocycles. The molecule has 0 spiro atoms. The second kappa shape index (κ2) is 7.04. The Hall–Kier alpha value is -1.69. The van der Waals surface area contributed by atoms with Crippen molar-refractivity contribution in [3.8, 4) is 0 Å². The van der Waals surface area contributed by atoms with Crippen molar-refractivity contribution < 1.29 is 4.79 Å². The zero-order valence-electron chi connectivity index (χ0n) is 11.9. The van der Waals surface area contributed by atoms with Gasteiger partial charge in [-0.05, 0) is 32.5 Å². The van der Waals surface area contributed by atoms with Crippen LogP contribution in [0.1, 0.15) is 30.8 Å². The molecule has 0 saturated carbocycles. The Bertz CT molecular complexity index is 447. The number of aromatic nitrogens is 2. The first-order valence-corrected chi connectivity index (χ1v) is 6.40. The molecule has 1 aromatic heterocycles. The molecule has 1 amide bonds. The smallest absolute Gasteiger partial charge is 0.271 e. The van der Waals surface area contributed by atoms with E-state index in [4.69, 9.17) is 0 Å². The van der Waals surface area contributed by atoms with Gasteiger partial charge in [0.25, 0.3) is 11.5 Å². The summed E-state index contributed by atoms with van der Waals surface area (Å²) in [6, 6.07) is 2.99. The number of rotatable bonds is 6. The lowest BCUT2D eigenvalue weighted by atomic mass is 10.0. The van der Waals surface area contributed by atoms with Gasteiger partial charge in [0.05, 0.1) is 0 Å². The van der Waals surface area contributed by atoms with E-state index in [1.54, 1.807) is 0 Å². The SMILES string of the molecule is CC(C)CC(CNC(=O)c1ccc(=O)[nH]n1)N(C)C. The summed E-state index contributed by atoms with van der Waals surface area (Å²) in [6.45, 7) is 4.87. The highest BCUT2D eigenvalue weighted by atomic mass is 16.2. The molecule has 1 rings (SSSR count). The van der Waals surface area contributed by atoms with E-state index in [0.717, 1.165) is 6.42 Å². The van der Waals surface area contributed by atoms with Crippen molar-refractivity contribution in [2.24, 2.45) is 5.92 Å². The van der Waals surface area contributed by atoms with E-state index in [1.807, 2.05) is 14.1 Å². The van der Waals surface area contributed by atoms with Gasteiger partial charge in [-0.2, -0.15) is 5.10 Å². The van der Waals surface area contributed by atoms with Crippen LogP contribution < -0.4 is 10.9 Å². The number of hydrogen-bond donors (Lipinski definition) is 2. The largest absolute Gasteiger partial charge is 0.349 e. The van der Waals surface area contributed by atoms with E-state index in [9.17, 15) is 9.59 Å². The van der Waals surface area contributed by atoms with Gasteiger partial charge in [0.1, 0.15) is 5.69 Å². The third-order valence-electron chi connectivity index (χ3n) is 2.88. The Labute approximate surface area is 113 Å². The number of H-pyrrole nitrogens is 1. The first-order valence-electron chi connectivity index (χ1n) is 6.40. The molecule has 1 aromatic rings. The van der Waals surface area contributed by atoms with E-state index >= 15 is 0 Å². The van der Waals surface area contributed by atoms with Crippen molar-refractivity contribution in [1.29, 1.82) is 0 Å². The van der Waals surface area contributed by atoms with Crippen LogP contribution in [0.5, 0.6) is 0 Å². The third kappa shape index (κ3) is 5.21. The average molecular weight is 266 g/mol. The second-order valence-electron chi connectivity index (χ2n) is 5.26. The number of hydrogen-bond acceptors (Lipinski definition) is 4. The highest BCUT2D eigenvalue weighted by Gasteiger charge is 2.15. The van der Waals surface area contributed by atoms with Crippen molar-refractivity contribution in [2.45, 2.75) is 26.3 Å². The van der Waals surface area contributed by atoms with E-state index < -0.39 is 0 Å². The number of aromatic amines is 1. The van der Waals surface area contributed by atoms with Crippen molar-refractivity contribution in [3.05, 3.63) is 28.2 Å². The normalized spacial score (nSPS) is 12.7. The van der Waals surface area contributed by atoms with Crippen LogP contribution in [-0.2, 0) is 0 Å². The minimum Gasteiger partial charge on any atom is -0.349 e. The molecule has 6 nitrogen and oxygen atoms in total. The quantitative estimate of drug-likeness (QED) is 0.785. The Morgan fingerprint density at radius 3 is 2.58 bits per heavy atom. The molecular formula is C13H22N4O2. The maximum atomic E-state index is 11.9. The molecule has 1 unspecified atom stereocenters. The summed E-state index contributed by atoms with van der Waals surface area (Å²) in [5, 5.41) is 8.79. The molecular weight excluding hydrogens is 244 g/mol. The monoisotopic (exact) mass is 266 g/mol. The van der Waals surface area contributed by atoms with Gasteiger partial charge in [0.15, 0.2) is 0 Å². The number of carbonyl (C=O) groups excluding carboxylic acids is 1. The Balaban J connectivity index is 2.56. The zero-order valence-corrected chi connectivity index (χ0v) is 11.9. The second-order valence-corrected chi connectivity index (χ2v) is 5.26. The Morgan fingerprint density at radius 2 is 2.11 bits per heavy atom. The van der Waals surface area contributed by atoms with E-state index in [-0.39, 0.29) is 23.2 Å². The van der Waals surface area contributed by atoms with Crippen molar-refractivity contribution in [3.63, 3.8) is 0 Å². The zero-order chi connectivity index (χ0) is 14.4. The standard InChI is InChI=1S/C13H22N4O2/c1-9(2)7-10(17(3)4)8-14-13(19)11-5-6-12(18)16-15-11/h5-6,9-10H,7-8H2,1-4H3,(H,14,19)(H,16,18). The molecule has 1 heterocycles. The molecule has 6 heteroatoms. The summed E-state index contributed by atoms with van der Waals surface area (Å²) in [5.41, 5.74) is -0.0934. The van der Waals surface area contributed by atoms with Crippen LogP contribution in [-0.4, -0.2) is 47.7 Å². The lowest BCUT2D eigenvalue weighted by molar-refractivity contribution is 0.0932. The van der Waals surface area contributed by atoms with Crippen LogP contribution in [0.2, 0.25) is 0 Å². The first kappa shape index (κ1) is 15.4. The van der Waals surface area contributed by atoms with Gasteiger partial charge in [-0.1, -0.05) is 13.8 Å². The maximum Gasteiger partial charge on any atom is 0.271 e. The number of nitrogens with zero attached hydrogens (tertiary/aromatic N) is 2. The summed E-state index contributed by atoms with van der Waals surface area (Å²) in [6.07, 6.45) is 1.01. The predicted octanol–water partition coefficient (Wildman–Crippen LogP) is 0.476. The minimum atomic E-state index is -0.317. The van der Waals surface area contributed by atoms with E-state index in [1.165, 1.54) is 12.1 Å². The van der Waals surface area contributed by atoms with Gasteiger partial charge < -0.3 is 10.2 Å². The Morgan fingerprint density at radius 1 is 1.42 bits per heavy atom. The first-order chi connectivity index (χ1) is 8.90. The molecule has 0 aliphatic carbocycles. The third-order valence-corrected chi connectivity index (χ3v) is 2.88. The molecule has 0 radical (unpaired) electrons. The van der Waals surface area contributed by atoms with Gasteiger partial charge in [-0.25, -0.2) is 5.10 Å². The lowest BCUT2D eigenvalue weighted by Gasteiger charge is -2.26. The van der Waals surface area contributed by atoms with Crippen LogP contribution in [0.3, 0.4) is 0 Å². The van der Waals surface area contributed by atoms with Gasteiger partial charge in [-0.3, -0.25) is 9.59 Å². The van der Waals surface area contributed by atoms with Crippen LogP contribution in [0.15, 0.2) is 16.9 Å². The fourth-order valence-electron chi connectivity index (χ4n) is 1.79. The molecule has 19 heavy (non-hydrogen) atoms. The van der Waals surface area contributed by atoms with Crippen LogP contribution in [0.25, 0.3) is 0 Å². The van der Waals surface area contributed by atoms with Crippen molar-refractivity contribution in [2.75, 3.05) is 20.6 Å².